The van der Waals surface area contributed by atoms with Gasteiger partial charge in [0.1, 0.15) is 0 Å². The van der Waals surface area contributed by atoms with Crippen LogP contribution >= 0.6 is 23.0 Å². The maximum Gasteiger partial charge on any atom is 0.192 e. The van der Waals surface area contributed by atoms with Crippen LogP contribution in [0.3, 0.4) is 0 Å². The van der Waals surface area contributed by atoms with E-state index in [0.29, 0.717) is 5.69 Å². The lowest BCUT2D eigenvalue weighted by atomic mass is 10.2. The summed E-state index contributed by atoms with van der Waals surface area (Å²) in [7, 11) is 0. The molecule has 0 fully saturated rings. The molecule has 0 aromatic heterocycles. The third-order valence-corrected chi connectivity index (χ3v) is 1.73. The van der Waals surface area contributed by atoms with Crippen LogP contribution in [-0.2, 0) is 0 Å². The second-order valence-corrected chi connectivity index (χ2v) is 2.56. The van der Waals surface area contributed by atoms with Crippen molar-refractivity contribution in [1.29, 1.82) is 0 Å². The standard InChI is InChI=1S/C7H8INO/c1-5-2-3-6(9)7(4-5)10-8/h2-4H,9H2,1H3. The van der Waals surface area contributed by atoms with Crippen LogP contribution in [0.5, 0.6) is 5.75 Å². The Hall–Kier alpha value is -0.450. The molecule has 2 N–H and O–H groups in total. The highest BCUT2D eigenvalue weighted by atomic mass is 127. The van der Waals surface area contributed by atoms with Crippen LogP contribution < -0.4 is 8.80 Å². The first kappa shape index (κ1) is 7.65. The van der Waals surface area contributed by atoms with Crippen molar-refractivity contribution in [3.8, 4) is 5.75 Å². The van der Waals surface area contributed by atoms with Gasteiger partial charge >= 0.3 is 0 Å². The lowest BCUT2D eigenvalue weighted by Gasteiger charge is -2.01. The number of halogens is 1. The van der Waals surface area contributed by atoms with Crippen molar-refractivity contribution in [2.75, 3.05) is 5.73 Å². The molecule has 0 spiro atoms. The van der Waals surface area contributed by atoms with Gasteiger partial charge in [-0.1, -0.05) is 6.07 Å². The van der Waals surface area contributed by atoms with Crippen molar-refractivity contribution in [3.63, 3.8) is 0 Å². The third-order valence-electron chi connectivity index (χ3n) is 1.25. The first-order valence-electron chi connectivity index (χ1n) is 2.89. The van der Waals surface area contributed by atoms with Crippen molar-refractivity contribution < 1.29 is 3.07 Å². The maximum absolute atomic E-state index is 5.57. The average Bonchev–Trinajstić information content (AvgIpc) is 1.94. The molecule has 10 heavy (non-hydrogen) atoms. The van der Waals surface area contributed by atoms with Crippen molar-refractivity contribution in [2.24, 2.45) is 0 Å². The highest BCUT2D eigenvalue weighted by Crippen LogP contribution is 2.23. The van der Waals surface area contributed by atoms with Crippen LogP contribution in [0.15, 0.2) is 18.2 Å². The number of nitrogens with two attached hydrogens (primary N) is 1. The molecule has 0 unspecified atom stereocenters. The summed E-state index contributed by atoms with van der Waals surface area (Å²) < 4.78 is 4.97. The van der Waals surface area contributed by atoms with Gasteiger partial charge in [-0.25, -0.2) is 0 Å². The van der Waals surface area contributed by atoms with Crippen LogP contribution in [0.2, 0.25) is 0 Å². The fourth-order valence-corrected chi connectivity index (χ4v) is 1.09. The molecule has 54 valence electrons. The van der Waals surface area contributed by atoms with E-state index in [1.807, 2.05) is 48.1 Å². The van der Waals surface area contributed by atoms with Crippen molar-refractivity contribution >= 4 is 28.7 Å². The third kappa shape index (κ3) is 1.53. The Morgan fingerprint density at radius 2 is 2.20 bits per heavy atom. The van der Waals surface area contributed by atoms with E-state index in [1.165, 1.54) is 0 Å². The van der Waals surface area contributed by atoms with Gasteiger partial charge in [0.15, 0.2) is 28.8 Å². The summed E-state index contributed by atoms with van der Waals surface area (Å²) >= 11 is 1.82. The molecule has 3 heteroatoms. The van der Waals surface area contributed by atoms with Crippen molar-refractivity contribution in [1.82, 2.24) is 0 Å². The van der Waals surface area contributed by atoms with E-state index < -0.39 is 0 Å². The van der Waals surface area contributed by atoms with Gasteiger partial charge in [0.05, 0.1) is 5.69 Å². The van der Waals surface area contributed by atoms with E-state index in [2.05, 4.69) is 0 Å². The molecule has 0 amide bonds. The van der Waals surface area contributed by atoms with Gasteiger partial charge in [0.25, 0.3) is 0 Å². The number of benzene rings is 1. The van der Waals surface area contributed by atoms with E-state index in [0.717, 1.165) is 11.3 Å². The lowest BCUT2D eigenvalue weighted by Crippen LogP contribution is -1.88. The van der Waals surface area contributed by atoms with E-state index in [4.69, 9.17) is 8.80 Å². The number of anilines is 1. The van der Waals surface area contributed by atoms with E-state index >= 15 is 0 Å². The largest absolute Gasteiger partial charge is 0.425 e. The summed E-state index contributed by atoms with van der Waals surface area (Å²) in [6, 6.07) is 5.69. The Balaban J connectivity index is 3.09. The Morgan fingerprint density at radius 3 is 2.70 bits per heavy atom. The predicted octanol–water partition coefficient (Wildman–Crippen LogP) is 2.31. The summed E-state index contributed by atoms with van der Waals surface area (Å²) in [4.78, 5) is 0. The molecule has 0 saturated carbocycles. The molecule has 0 aliphatic rings. The van der Waals surface area contributed by atoms with Crippen LogP contribution in [0, 0.1) is 6.92 Å². The molecule has 0 bridgehead atoms. The maximum atomic E-state index is 5.57. The molecule has 1 aromatic carbocycles. The minimum Gasteiger partial charge on any atom is -0.425 e. The summed E-state index contributed by atoms with van der Waals surface area (Å²) in [5.74, 6) is 0.737. The molecule has 0 heterocycles. The summed E-state index contributed by atoms with van der Waals surface area (Å²) in [5, 5.41) is 0. The number of nitrogen functional groups attached to an aromatic ring is 1. The molecule has 0 atom stereocenters. The fourth-order valence-electron chi connectivity index (χ4n) is 0.708. The van der Waals surface area contributed by atoms with Crippen LogP contribution in [-0.4, -0.2) is 0 Å². The van der Waals surface area contributed by atoms with Gasteiger partial charge in [0.2, 0.25) is 0 Å². The minimum absolute atomic E-state index is 0.681. The van der Waals surface area contributed by atoms with E-state index in [1.54, 1.807) is 0 Å². The summed E-state index contributed by atoms with van der Waals surface area (Å²) in [5.41, 5.74) is 7.40. The number of hydrogen-bond acceptors (Lipinski definition) is 2. The van der Waals surface area contributed by atoms with Gasteiger partial charge < -0.3 is 8.80 Å². The molecule has 0 aliphatic carbocycles. The SMILES string of the molecule is Cc1ccc(N)c(OI)c1. The number of aryl methyl sites for hydroxylation is 1. The van der Waals surface area contributed by atoms with Crippen LogP contribution in [0.1, 0.15) is 5.56 Å². The Labute approximate surface area is 74.1 Å². The monoisotopic (exact) mass is 249 g/mol. The second kappa shape index (κ2) is 3.09. The molecule has 1 aromatic rings. The summed E-state index contributed by atoms with van der Waals surface area (Å²) in [6.07, 6.45) is 0. The van der Waals surface area contributed by atoms with Crippen LogP contribution in [0.25, 0.3) is 0 Å². The predicted molar refractivity (Wildman–Crippen MR) is 50.2 cm³/mol. The van der Waals surface area contributed by atoms with E-state index in [9.17, 15) is 0 Å². The first-order valence-corrected chi connectivity index (χ1v) is 3.77. The minimum atomic E-state index is 0.681. The topological polar surface area (TPSA) is 35.2 Å². The molecular weight excluding hydrogens is 241 g/mol. The highest BCUT2D eigenvalue weighted by Gasteiger charge is 1.97. The van der Waals surface area contributed by atoms with Crippen molar-refractivity contribution in [2.45, 2.75) is 6.92 Å². The van der Waals surface area contributed by atoms with Gasteiger partial charge in [-0.3, -0.25) is 0 Å². The van der Waals surface area contributed by atoms with Gasteiger partial charge in [-0.05, 0) is 24.6 Å². The quantitative estimate of drug-likeness (QED) is 0.612. The zero-order valence-corrected chi connectivity index (χ0v) is 7.75. The molecule has 0 saturated heterocycles. The molecule has 2 nitrogen and oxygen atoms in total. The molecular formula is C7H8INO. The number of rotatable bonds is 1. The smallest absolute Gasteiger partial charge is 0.192 e. The van der Waals surface area contributed by atoms with E-state index in [-0.39, 0.29) is 0 Å². The van der Waals surface area contributed by atoms with Crippen molar-refractivity contribution in [3.05, 3.63) is 23.8 Å². The highest BCUT2D eigenvalue weighted by molar-refractivity contribution is 14.1. The fraction of sp³-hybridized carbons (Fsp3) is 0.143. The normalized spacial score (nSPS) is 9.40. The first-order chi connectivity index (χ1) is 4.74. The molecule has 0 radical (unpaired) electrons. The zero-order chi connectivity index (χ0) is 7.56. The second-order valence-electron chi connectivity index (χ2n) is 2.12. The molecule has 1 rings (SSSR count). The Kier molecular flexibility index (Phi) is 2.37. The summed E-state index contributed by atoms with van der Waals surface area (Å²) in [6.45, 7) is 2.00. The Morgan fingerprint density at radius 1 is 1.50 bits per heavy atom. The van der Waals surface area contributed by atoms with Gasteiger partial charge in [-0.15, -0.1) is 0 Å². The van der Waals surface area contributed by atoms with Gasteiger partial charge in [-0.2, -0.15) is 0 Å². The van der Waals surface area contributed by atoms with Crippen LogP contribution in [0.4, 0.5) is 5.69 Å². The number of hydrogen-bond donors (Lipinski definition) is 1. The Bertz CT molecular complexity index is 237. The van der Waals surface area contributed by atoms with Gasteiger partial charge in [0, 0.05) is 0 Å². The lowest BCUT2D eigenvalue weighted by molar-refractivity contribution is 0.719. The average molecular weight is 249 g/mol. The zero-order valence-electron chi connectivity index (χ0n) is 5.60. The molecule has 0 aliphatic heterocycles.